The van der Waals surface area contributed by atoms with Crippen molar-refractivity contribution >= 4 is 21.8 Å². The molecule has 8 heteroatoms. The van der Waals surface area contributed by atoms with E-state index < -0.39 is 10.0 Å². The Morgan fingerprint density at radius 2 is 2.14 bits per heavy atom. The van der Waals surface area contributed by atoms with Crippen LogP contribution in [-0.2, 0) is 14.8 Å². The van der Waals surface area contributed by atoms with Crippen molar-refractivity contribution in [3.63, 3.8) is 0 Å². The first-order chi connectivity index (χ1) is 9.99. The molecule has 2 rings (SSSR count). The van der Waals surface area contributed by atoms with Gasteiger partial charge >= 0.3 is 0 Å². The number of nitrogens with zero attached hydrogens (tertiary/aromatic N) is 3. The van der Waals surface area contributed by atoms with E-state index in [9.17, 15) is 13.2 Å². The van der Waals surface area contributed by atoms with Crippen molar-refractivity contribution in [1.82, 2.24) is 9.62 Å². The Morgan fingerprint density at radius 3 is 2.81 bits per heavy atom. The van der Waals surface area contributed by atoms with E-state index >= 15 is 0 Å². The average molecular weight is 306 g/mol. The van der Waals surface area contributed by atoms with Crippen molar-refractivity contribution in [3.8, 4) is 6.07 Å². The summed E-state index contributed by atoms with van der Waals surface area (Å²) in [5, 5.41) is 8.62. The molecule has 1 aliphatic rings. The number of likely N-dealkylation sites (N-methyl/N-ethyl adjacent to an activating group) is 1. The SMILES string of the molecule is CCN(CC#N)C(=O)CN=C1NS(=O)(=O)c2ccccc21. The number of amidine groups is 1. The van der Waals surface area contributed by atoms with Gasteiger partial charge in [0.25, 0.3) is 10.0 Å². The summed E-state index contributed by atoms with van der Waals surface area (Å²) >= 11 is 0. The molecule has 7 nitrogen and oxygen atoms in total. The highest BCUT2D eigenvalue weighted by Crippen LogP contribution is 2.21. The minimum atomic E-state index is -3.60. The van der Waals surface area contributed by atoms with Crippen molar-refractivity contribution < 1.29 is 13.2 Å². The van der Waals surface area contributed by atoms with Crippen LogP contribution in [0.5, 0.6) is 0 Å². The van der Waals surface area contributed by atoms with Crippen molar-refractivity contribution in [1.29, 1.82) is 5.26 Å². The summed E-state index contributed by atoms with van der Waals surface area (Å²) in [6.45, 7) is 1.94. The Labute approximate surface area is 123 Å². The lowest BCUT2D eigenvalue weighted by Gasteiger charge is -2.15. The molecule has 0 saturated carbocycles. The second-order valence-electron chi connectivity index (χ2n) is 4.33. The molecule has 0 bridgehead atoms. The molecule has 1 heterocycles. The van der Waals surface area contributed by atoms with Crippen LogP contribution in [-0.4, -0.2) is 44.7 Å². The van der Waals surface area contributed by atoms with Crippen LogP contribution in [0.2, 0.25) is 0 Å². The fourth-order valence-electron chi connectivity index (χ4n) is 1.96. The van der Waals surface area contributed by atoms with Gasteiger partial charge in [0.15, 0.2) is 0 Å². The van der Waals surface area contributed by atoms with Gasteiger partial charge in [-0.15, -0.1) is 0 Å². The topological polar surface area (TPSA) is 103 Å². The van der Waals surface area contributed by atoms with Crippen LogP contribution in [0.25, 0.3) is 0 Å². The molecule has 21 heavy (non-hydrogen) atoms. The summed E-state index contributed by atoms with van der Waals surface area (Å²) in [6, 6.07) is 8.34. The third-order valence-corrected chi connectivity index (χ3v) is 4.43. The van der Waals surface area contributed by atoms with E-state index in [0.29, 0.717) is 12.1 Å². The Hall–Kier alpha value is -2.40. The molecule has 0 aliphatic carbocycles. The number of nitrogens with one attached hydrogen (secondary N) is 1. The fraction of sp³-hybridized carbons (Fsp3) is 0.308. The van der Waals surface area contributed by atoms with Crippen LogP contribution >= 0.6 is 0 Å². The maximum atomic E-state index is 11.9. The number of carbonyl (C=O) groups is 1. The van der Waals surface area contributed by atoms with Gasteiger partial charge in [0.05, 0.1) is 11.0 Å². The summed E-state index contributed by atoms with van der Waals surface area (Å²) in [4.78, 5) is 17.4. The van der Waals surface area contributed by atoms with Crippen molar-refractivity contribution in [2.45, 2.75) is 11.8 Å². The highest BCUT2D eigenvalue weighted by atomic mass is 32.2. The lowest BCUT2D eigenvalue weighted by atomic mass is 10.2. The normalized spacial score (nSPS) is 16.9. The zero-order chi connectivity index (χ0) is 15.5. The number of hydrogen-bond acceptors (Lipinski definition) is 5. The first-order valence-electron chi connectivity index (χ1n) is 6.31. The molecule has 0 aromatic heterocycles. The molecule has 1 aromatic carbocycles. The number of carbonyl (C=O) groups excluding carboxylic acids is 1. The van der Waals surface area contributed by atoms with Gasteiger partial charge in [-0.1, -0.05) is 12.1 Å². The third kappa shape index (κ3) is 3.03. The Balaban J connectivity index is 2.21. The molecular formula is C13H14N4O3S. The van der Waals surface area contributed by atoms with Crippen molar-refractivity contribution in [2.24, 2.45) is 4.99 Å². The summed E-state index contributed by atoms with van der Waals surface area (Å²) < 4.78 is 26.1. The predicted octanol–water partition coefficient (Wildman–Crippen LogP) is 0.0972. The molecule has 0 atom stereocenters. The minimum absolute atomic E-state index is 0.0114. The number of nitriles is 1. The number of sulfonamides is 1. The van der Waals surface area contributed by atoms with Gasteiger partial charge in [0.2, 0.25) is 5.91 Å². The number of benzene rings is 1. The molecule has 0 saturated heterocycles. The Kier molecular flexibility index (Phi) is 4.23. The van der Waals surface area contributed by atoms with Crippen LogP contribution in [0.15, 0.2) is 34.2 Å². The molecule has 1 amide bonds. The molecule has 1 aromatic rings. The first-order valence-corrected chi connectivity index (χ1v) is 7.79. The molecule has 0 fully saturated rings. The lowest BCUT2D eigenvalue weighted by molar-refractivity contribution is -0.128. The summed E-state index contributed by atoms with van der Waals surface area (Å²) in [5.74, 6) is -0.165. The maximum Gasteiger partial charge on any atom is 0.263 e. The maximum absolute atomic E-state index is 11.9. The average Bonchev–Trinajstić information content (AvgIpc) is 2.74. The van der Waals surface area contributed by atoms with Gasteiger partial charge < -0.3 is 4.90 Å². The van der Waals surface area contributed by atoms with E-state index in [4.69, 9.17) is 5.26 Å². The fourth-order valence-corrected chi connectivity index (χ4v) is 3.21. The van der Waals surface area contributed by atoms with E-state index in [1.165, 1.54) is 11.0 Å². The minimum Gasteiger partial charge on any atom is -0.328 e. The van der Waals surface area contributed by atoms with Crippen LogP contribution in [0.1, 0.15) is 12.5 Å². The van der Waals surface area contributed by atoms with Crippen molar-refractivity contribution in [2.75, 3.05) is 19.6 Å². The Morgan fingerprint density at radius 1 is 1.43 bits per heavy atom. The number of fused-ring (bicyclic) bond motifs is 1. The van der Waals surface area contributed by atoms with E-state index in [1.54, 1.807) is 25.1 Å². The predicted molar refractivity (Wildman–Crippen MR) is 76.0 cm³/mol. The third-order valence-electron chi connectivity index (χ3n) is 3.03. The largest absolute Gasteiger partial charge is 0.328 e. The molecule has 1 N–H and O–H groups in total. The molecule has 1 aliphatic heterocycles. The Bertz CT molecular complexity index is 734. The van der Waals surface area contributed by atoms with Crippen LogP contribution < -0.4 is 4.72 Å². The van der Waals surface area contributed by atoms with Gasteiger partial charge in [-0.3, -0.25) is 14.5 Å². The lowest BCUT2D eigenvalue weighted by Crippen LogP contribution is -2.33. The van der Waals surface area contributed by atoms with E-state index in [2.05, 4.69) is 9.71 Å². The first kappa shape index (κ1) is 15.0. The number of rotatable bonds is 4. The van der Waals surface area contributed by atoms with Gasteiger partial charge in [-0.05, 0) is 19.1 Å². The molecule has 0 spiro atoms. The number of hydrogen-bond donors (Lipinski definition) is 1. The van der Waals surface area contributed by atoms with Crippen molar-refractivity contribution in [3.05, 3.63) is 29.8 Å². The molecular weight excluding hydrogens is 292 g/mol. The van der Waals surface area contributed by atoms with Crippen LogP contribution in [0, 0.1) is 11.3 Å². The second kappa shape index (κ2) is 5.93. The molecule has 110 valence electrons. The van der Waals surface area contributed by atoms with Gasteiger partial charge in [-0.2, -0.15) is 5.26 Å². The van der Waals surface area contributed by atoms with E-state index in [1.807, 2.05) is 6.07 Å². The zero-order valence-corrected chi connectivity index (χ0v) is 12.2. The zero-order valence-electron chi connectivity index (χ0n) is 11.4. The van der Waals surface area contributed by atoms with Crippen LogP contribution in [0.4, 0.5) is 0 Å². The molecule has 0 unspecified atom stereocenters. The van der Waals surface area contributed by atoms with E-state index in [-0.39, 0.29) is 29.7 Å². The molecule has 0 radical (unpaired) electrons. The monoisotopic (exact) mass is 306 g/mol. The number of amides is 1. The van der Waals surface area contributed by atoms with Gasteiger partial charge in [-0.25, -0.2) is 8.42 Å². The standard InChI is InChI=1S/C13H14N4O3S/c1-2-17(8-7-14)12(18)9-15-13-10-5-3-4-6-11(10)21(19,20)16-13/h3-6H,2,8-9H2,1H3,(H,15,16). The number of aliphatic imine (C=N–C) groups is 1. The highest BCUT2D eigenvalue weighted by Gasteiger charge is 2.30. The van der Waals surface area contributed by atoms with Gasteiger partial charge in [0.1, 0.15) is 18.9 Å². The van der Waals surface area contributed by atoms with E-state index in [0.717, 1.165) is 0 Å². The summed E-state index contributed by atoms with van der Waals surface area (Å²) in [7, 11) is -3.60. The summed E-state index contributed by atoms with van der Waals surface area (Å²) in [6.07, 6.45) is 0. The smallest absolute Gasteiger partial charge is 0.263 e. The quantitative estimate of drug-likeness (QED) is 0.797. The summed E-state index contributed by atoms with van der Waals surface area (Å²) in [5.41, 5.74) is 0.452. The van der Waals surface area contributed by atoms with Crippen LogP contribution in [0.3, 0.4) is 0 Å². The van der Waals surface area contributed by atoms with Gasteiger partial charge in [0, 0.05) is 12.1 Å². The highest BCUT2D eigenvalue weighted by molar-refractivity contribution is 7.90. The second-order valence-corrected chi connectivity index (χ2v) is 5.98.